The fraction of sp³-hybridized carbons (Fsp3) is 0.318. The van der Waals surface area contributed by atoms with Crippen molar-refractivity contribution in [2.24, 2.45) is 0 Å². The maximum Gasteiger partial charge on any atom is 0.434 e. The van der Waals surface area contributed by atoms with Crippen LogP contribution in [0.2, 0.25) is 0 Å². The highest BCUT2D eigenvalue weighted by Gasteiger charge is 2.38. The predicted octanol–water partition coefficient (Wildman–Crippen LogP) is 4.00. The summed E-state index contributed by atoms with van der Waals surface area (Å²) in [4.78, 5) is 24.5. The minimum atomic E-state index is -4.71. The molecule has 4 rings (SSSR count). The summed E-state index contributed by atoms with van der Waals surface area (Å²) in [6.07, 6.45) is -1.22. The number of alkyl halides is 3. The smallest absolute Gasteiger partial charge is 0.337 e. The molecule has 30 heavy (non-hydrogen) atoms. The van der Waals surface area contributed by atoms with Crippen molar-refractivity contribution in [1.29, 1.82) is 0 Å². The Bertz CT molecular complexity index is 1040. The van der Waals surface area contributed by atoms with Crippen molar-refractivity contribution in [3.8, 4) is 0 Å². The Labute approximate surface area is 172 Å². The van der Waals surface area contributed by atoms with Crippen LogP contribution in [0.15, 0.2) is 54.9 Å². The van der Waals surface area contributed by atoms with Gasteiger partial charge in [0, 0.05) is 50.5 Å². The molecule has 0 N–H and O–H groups in total. The highest BCUT2D eigenvalue weighted by atomic mass is 19.4. The molecule has 1 fully saturated rings. The first-order valence-electron chi connectivity index (χ1n) is 9.79. The Morgan fingerprint density at radius 2 is 1.83 bits per heavy atom. The zero-order valence-electron chi connectivity index (χ0n) is 16.3. The largest absolute Gasteiger partial charge is 0.434 e. The third-order valence-corrected chi connectivity index (χ3v) is 5.24. The molecule has 1 amide bonds. The lowest BCUT2D eigenvalue weighted by Crippen LogP contribution is -2.36. The van der Waals surface area contributed by atoms with E-state index in [1.54, 1.807) is 0 Å². The predicted molar refractivity (Wildman–Crippen MR) is 107 cm³/mol. The Morgan fingerprint density at radius 3 is 2.60 bits per heavy atom. The van der Waals surface area contributed by atoms with Crippen molar-refractivity contribution in [2.45, 2.75) is 19.1 Å². The molecule has 0 bridgehead atoms. The van der Waals surface area contributed by atoms with Gasteiger partial charge in [0.05, 0.1) is 11.1 Å². The van der Waals surface area contributed by atoms with E-state index < -0.39 is 23.3 Å². The quantitative estimate of drug-likeness (QED) is 0.650. The number of amides is 1. The van der Waals surface area contributed by atoms with Crippen LogP contribution in [-0.4, -0.2) is 51.9 Å². The molecular weight excluding hydrogens is 393 g/mol. The first-order valence-corrected chi connectivity index (χ1v) is 9.79. The van der Waals surface area contributed by atoms with Crippen LogP contribution >= 0.6 is 0 Å². The Kier molecular flexibility index (Phi) is 5.67. The average molecular weight is 414 g/mol. The summed E-state index contributed by atoms with van der Waals surface area (Å²) in [7, 11) is 0. The number of aromatic nitrogens is 2. The molecule has 0 saturated carbocycles. The summed E-state index contributed by atoms with van der Waals surface area (Å²) in [5.74, 6) is -0.637. The summed E-state index contributed by atoms with van der Waals surface area (Å²) >= 11 is 0. The van der Waals surface area contributed by atoms with Crippen LogP contribution in [-0.2, 0) is 12.7 Å². The van der Waals surface area contributed by atoms with Gasteiger partial charge in [-0.3, -0.25) is 14.7 Å². The number of carbonyl (C=O) groups is 1. The molecule has 3 heterocycles. The van der Waals surface area contributed by atoms with E-state index in [1.807, 2.05) is 30.3 Å². The lowest BCUT2D eigenvalue weighted by Gasteiger charge is -2.23. The van der Waals surface area contributed by atoms with Gasteiger partial charge in [-0.15, -0.1) is 0 Å². The maximum absolute atomic E-state index is 13.6. The van der Waals surface area contributed by atoms with E-state index in [2.05, 4.69) is 14.9 Å². The minimum absolute atomic E-state index is 0.166. The van der Waals surface area contributed by atoms with Crippen LogP contribution in [0.3, 0.4) is 0 Å². The van der Waals surface area contributed by atoms with Crippen LogP contribution < -0.4 is 0 Å². The van der Waals surface area contributed by atoms with E-state index in [1.165, 1.54) is 35.0 Å². The molecule has 1 aromatic carbocycles. The molecule has 156 valence electrons. The number of carbonyl (C=O) groups excluding carboxylic acids is 1. The topological polar surface area (TPSA) is 49.3 Å². The zero-order chi connectivity index (χ0) is 21.1. The Balaban J connectivity index is 1.56. The van der Waals surface area contributed by atoms with Gasteiger partial charge in [0.1, 0.15) is 0 Å². The molecule has 1 saturated heterocycles. The number of hydrogen-bond acceptors (Lipinski definition) is 4. The zero-order valence-corrected chi connectivity index (χ0v) is 16.3. The van der Waals surface area contributed by atoms with Gasteiger partial charge >= 0.3 is 6.18 Å². The Morgan fingerprint density at radius 1 is 1.03 bits per heavy atom. The normalized spacial score (nSPS) is 15.9. The van der Waals surface area contributed by atoms with Crippen molar-refractivity contribution in [2.75, 3.05) is 26.2 Å². The van der Waals surface area contributed by atoms with Crippen LogP contribution in [0.1, 0.15) is 28.0 Å². The first kappa shape index (κ1) is 20.3. The summed E-state index contributed by atoms with van der Waals surface area (Å²) in [5, 5.41) is 0.411. The lowest BCUT2D eigenvalue weighted by molar-refractivity contribution is -0.141. The van der Waals surface area contributed by atoms with Crippen LogP contribution in [0.5, 0.6) is 0 Å². The summed E-state index contributed by atoms with van der Waals surface area (Å²) in [5.41, 5.74) is -0.224. The second-order valence-corrected chi connectivity index (χ2v) is 7.36. The third-order valence-electron chi connectivity index (χ3n) is 5.24. The molecule has 5 nitrogen and oxygen atoms in total. The summed E-state index contributed by atoms with van der Waals surface area (Å²) < 4.78 is 40.9. The second kappa shape index (κ2) is 8.39. The average Bonchev–Trinajstić information content (AvgIpc) is 2.98. The van der Waals surface area contributed by atoms with Gasteiger partial charge in [0.15, 0.2) is 5.69 Å². The van der Waals surface area contributed by atoms with E-state index in [0.717, 1.165) is 13.1 Å². The van der Waals surface area contributed by atoms with Crippen LogP contribution in [0.4, 0.5) is 13.2 Å². The molecule has 2 aromatic heterocycles. The number of rotatable bonds is 3. The van der Waals surface area contributed by atoms with Crippen molar-refractivity contribution in [1.82, 2.24) is 19.8 Å². The number of fused-ring (bicyclic) bond motifs is 1. The minimum Gasteiger partial charge on any atom is -0.337 e. The van der Waals surface area contributed by atoms with Gasteiger partial charge in [0.2, 0.25) is 0 Å². The van der Waals surface area contributed by atoms with Gasteiger partial charge in [-0.25, -0.2) is 4.98 Å². The van der Waals surface area contributed by atoms with Crippen molar-refractivity contribution in [3.05, 3.63) is 71.7 Å². The molecule has 0 unspecified atom stereocenters. The molecule has 3 aromatic rings. The number of pyridine rings is 2. The van der Waals surface area contributed by atoms with E-state index >= 15 is 0 Å². The number of benzene rings is 1. The van der Waals surface area contributed by atoms with Crippen molar-refractivity contribution >= 4 is 16.8 Å². The first-order chi connectivity index (χ1) is 14.4. The highest BCUT2D eigenvalue weighted by Crippen LogP contribution is 2.33. The van der Waals surface area contributed by atoms with Gasteiger partial charge in [-0.1, -0.05) is 30.3 Å². The molecule has 0 spiro atoms. The molecular formula is C22H21F3N4O. The fourth-order valence-electron chi connectivity index (χ4n) is 3.74. The maximum atomic E-state index is 13.6. The SMILES string of the molecule is O=C(c1cc2cnccc2nc1C(F)(F)F)N1CCCN(Cc2ccccc2)CC1. The third kappa shape index (κ3) is 4.43. The van der Waals surface area contributed by atoms with Crippen molar-refractivity contribution < 1.29 is 18.0 Å². The molecule has 0 atom stereocenters. The highest BCUT2D eigenvalue weighted by molar-refractivity contribution is 5.98. The van der Waals surface area contributed by atoms with Crippen LogP contribution in [0, 0.1) is 0 Å². The molecule has 0 aliphatic carbocycles. The lowest BCUT2D eigenvalue weighted by atomic mass is 10.1. The summed E-state index contributed by atoms with van der Waals surface area (Å²) in [6.45, 7) is 2.91. The van der Waals surface area contributed by atoms with Gasteiger partial charge in [-0.2, -0.15) is 13.2 Å². The summed E-state index contributed by atoms with van der Waals surface area (Å²) in [6, 6.07) is 12.7. The molecule has 8 heteroatoms. The van der Waals surface area contributed by atoms with E-state index in [0.29, 0.717) is 31.4 Å². The van der Waals surface area contributed by atoms with Gasteiger partial charge < -0.3 is 4.90 Å². The van der Waals surface area contributed by atoms with E-state index in [-0.39, 0.29) is 5.52 Å². The number of nitrogens with zero attached hydrogens (tertiary/aromatic N) is 4. The van der Waals surface area contributed by atoms with Crippen molar-refractivity contribution in [3.63, 3.8) is 0 Å². The molecule has 0 radical (unpaired) electrons. The Hall–Kier alpha value is -3.00. The second-order valence-electron chi connectivity index (χ2n) is 7.36. The monoisotopic (exact) mass is 414 g/mol. The molecule has 1 aliphatic rings. The molecule has 1 aliphatic heterocycles. The fourth-order valence-corrected chi connectivity index (χ4v) is 3.74. The van der Waals surface area contributed by atoms with Crippen LogP contribution in [0.25, 0.3) is 10.9 Å². The van der Waals surface area contributed by atoms with E-state index in [4.69, 9.17) is 0 Å². The number of halogens is 3. The van der Waals surface area contributed by atoms with E-state index in [9.17, 15) is 18.0 Å². The van der Waals surface area contributed by atoms with Gasteiger partial charge in [-0.05, 0) is 24.1 Å². The standard InChI is InChI=1S/C22H21F3N4O/c23-22(24,25)20-18(13-17-14-26-8-7-19(17)27-20)21(30)29-10-4-9-28(11-12-29)15-16-5-2-1-3-6-16/h1-3,5-8,13-14H,4,9-12,15H2. The number of hydrogen-bond donors (Lipinski definition) is 0. The van der Waals surface area contributed by atoms with Gasteiger partial charge in [0.25, 0.3) is 5.91 Å².